The van der Waals surface area contributed by atoms with Gasteiger partial charge in [-0.05, 0) is 66.3 Å². The first kappa shape index (κ1) is 22.7. The Hall–Kier alpha value is -4.10. The van der Waals surface area contributed by atoms with Crippen LogP contribution in [0.15, 0.2) is 140 Å². The second-order valence-corrected chi connectivity index (χ2v) is 13.0. The molecule has 40 heavy (non-hydrogen) atoms. The van der Waals surface area contributed by atoms with Crippen LogP contribution in [0, 0.1) is 0 Å². The minimum absolute atomic E-state index is 0.0146. The molecule has 4 aliphatic rings. The van der Waals surface area contributed by atoms with Gasteiger partial charge in [-0.25, -0.2) is 0 Å². The van der Waals surface area contributed by atoms with Crippen LogP contribution in [-0.4, -0.2) is 4.57 Å². The minimum Gasteiger partial charge on any atom is -0.334 e. The van der Waals surface area contributed by atoms with Crippen molar-refractivity contribution in [2.24, 2.45) is 0 Å². The molecule has 4 aliphatic carbocycles. The van der Waals surface area contributed by atoms with Crippen LogP contribution in [0.25, 0.3) is 21.8 Å². The monoisotopic (exact) mass is 515 g/mol. The van der Waals surface area contributed by atoms with Crippen molar-refractivity contribution in [1.29, 1.82) is 0 Å². The fourth-order valence-corrected chi connectivity index (χ4v) is 10.3. The van der Waals surface area contributed by atoms with Crippen molar-refractivity contribution in [3.8, 4) is 0 Å². The van der Waals surface area contributed by atoms with Gasteiger partial charge in [-0.2, -0.15) is 0 Å². The third-order valence-corrected chi connectivity index (χ3v) is 11.2. The van der Waals surface area contributed by atoms with Crippen LogP contribution in [-0.2, 0) is 21.8 Å². The Labute approximate surface area is 236 Å². The highest BCUT2D eigenvalue weighted by Gasteiger charge is 2.77. The Morgan fingerprint density at radius 2 is 0.775 bits per heavy atom. The summed E-state index contributed by atoms with van der Waals surface area (Å²) in [5.74, 6) is 0. The lowest BCUT2D eigenvalue weighted by atomic mass is 9.59. The summed E-state index contributed by atoms with van der Waals surface area (Å²) in [7, 11) is 0. The molecule has 0 saturated heterocycles. The van der Waals surface area contributed by atoms with Gasteiger partial charge >= 0.3 is 0 Å². The molecule has 1 heterocycles. The van der Waals surface area contributed by atoms with E-state index >= 15 is 0 Å². The van der Waals surface area contributed by atoms with Gasteiger partial charge in [0.2, 0.25) is 0 Å². The number of benzene rings is 5. The van der Waals surface area contributed by atoms with Gasteiger partial charge in [0.15, 0.2) is 0 Å². The van der Waals surface area contributed by atoms with Crippen molar-refractivity contribution >= 4 is 21.8 Å². The molecule has 2 unspecified atom stereocenters. The first-order chi connectivity index (χ1) is 19.7. The number of para-hydroxylation sites is 2. The molecule has 0 spiro atoms. The molecular formula is C39H33N. The van der Waals surface area contributed by atoms with E-state index in [0.717, 1.165) is 0 Å². The van der Waals surface area contributed by atoms with Crippen molar-refractivity contribution < 1.29 is 0 Å². The summed E-state index contributed by atoms with van der Waals surface area (Å²) in [5, 5.41) is 2.76. The summed E-state index contributed by atoms with van der Waals surface area (Å²) in [6.07, 6.45) is 5.96. The van der Waals surface area contributed by atoms with Gasteiger partial charge in [-0.3, -0.25) is 0 Å². The zero-order valence-corrected chi connectivity index (χ0v) is 22.8. The Balaban J connectivity index is 1.41. The molecular weight excluding hydrogens is 482 g/mol. The number of rotatable bonds is 4. The molecule has 10 rings (SSSR count). The average Bonchev–Trinajstić information content (AvgIpc) is 3.55. The van der Waals surface area contributed by atoms with Crippen LogP contribution in [0.3, 0.4) is 0 Å². The molecule has 1 heteroatoms. The lowest BCUT2D eigenvalue weighted by Gasteiger charge is -2.50. The second-order valence-electron chi connectivity index (χ2n) is 13.0. The van der Waals surface area contributed by atoms with Crippen LogP contribution in [0.1, 0.15) is 48.8 Å². The molecule has 1 nitrogen and oxygen atoms in total. The second kappa shape index (κ2) is 7.76. The van der Waals surface area contributed by atoms with E-state index in [1.807, 2.05) is 0 Å². The summed E-state index contributed by atoms with van der Waals surface area (Å²) >= 11 is 0. The standard InChI is InChI=1S/C39H33N/c1-4-14-29(15-5-1)36-24-37(40-34-22-12-10-20-32(34)33-21-11-13-23-35(33)40)27-38(25-36,30-16-6-2-7-17-30)39(26-36,28-37)31-18-8-3-9-19-31/h1-23H,24-28H2. The van der Waals surface area contributed by atoms with E-state index < -0.39 is 0 Å². The Morgan fingerprint density at radius 1 is 0.375 bits per heavy atom. The molecule has 4 saturated carbocycles. The van der Waals surface area contributed by atoms with E-state index in [2.05, 4.69) is 144 Å². The molecule has 5 aromatic carbocycles. The van der Waals surface area contributed by atoms with E-state index in [1.165, 1.54) is 70.6 Å². The quantitative estimate of drug-likeness (QED) is 0.220. The Kier molecular flexibility index (Phi) is 4.40. The van der Waals surface area contributed by atoms with Crippen LogP contribution in [0.5, 0.6) is 0 Å². The lowest BCUT2D eigenvalue weighted by molar-refractivity contribution is 0.121. The number of hydrogen-bond acceptors (Lipinski definition) is 0. The van der Waals surface area contributed by atoms with Crippen LogP contribution < -0.4 is 0 Å². The summed E-state index contributed by atoms with van der Waals surface area (Å²) in [4.78, 5) is 0. The minimum atomic E-state index is 0.0146. The van der Waals surface area contributed by atoms with Crippen molar-refractivity contribution in [2.75, 3.05) is 0 Å². The van der Waals surface area contributed by atoms with E-state index in [0.29, 0.717) is 0 Å². The van der Waals surface area contributed by atoms with Crippen LogP contribution >= 0.6 is 0 Å². The first-order valence-corrected chi connectivity index (χ1v) is 14.8. The molecule has 0 N–H and O–H groups in total. The Bertz CT molecular complexity index is 1770. The normalized spacial score (nSPS) is 30.4. The SMILES string of the molecule is c1ccc(C23CC4(n5c6ccccc6c6ccccc65)CC(c5ccccc5)(C2)C(c2ccccc2)(C3)C4)cc1. The predicted octanol–water partition coefficient (Wildman–Crippen LogP) is 9.30. The van der Waals surface area contributed by atoms with Crippen molar-refractivity contribution in [3.63, 3.8) is 0 Å². The fourth-order valence-electron chi connectivity index (χ4n) is 10.3. The van der Waals surface area contributed by atoms with Crippen molar-refractivity contribution in [2.45, 2.75) is 53.9 Å². The number of nitrogens with zero attached hydrogens (tertiary/aromatic N) is 1. The Morgan fingerprint density at radius 3 is 1.25 bits per heavy atom. The maximum atomic E-state index is 2.82. The summed E-state index contributed by atoms with van der Waals surface area (Å²) < 4.78 is 2.82. The van der Waals surface area contributed by atoms with Gasteiger partial charge in [0.1, 0.15) is 0 Å². The third kappa shape index (κ3) is 2.69. The van der Waals surface area contributed by atoms with Gasteiger partial charge in [0.25, 0.3) is 0 Å². The van der Waals surface area contributed by atoms with Gasteiger partial charge in [0, 0.05) is 38.2 Å². The topological polar surface area (TPSA) is 4.93 Å². The first-order valence-electron chi connectivity index (χ1n) is 14.8. The van der Waals surface area contributed by atoms with E-state index in [4.69, 9.17) is 0 Å². The maximum absolute atomic E-state index is 2.82. The van der Waals surface area contributed by atoms with Gasteiger partial charge in [0.05, 0.1) is 0 Å². The van der Waals surface area contributed by atoms with Crippen LogP contribution in [0.2, 0.25) is 0 Å². The molecule has 2 atom stereocenters. The van der Waals surface area contributed by atoms with E-state index in [9.17, 15) is 0 Å². The lowest BCUT2D eigenvalue weighted by Crippen LogP contribution is -2.47. The zero-order chi connectivity index (χ0) is 26.4. The van der Waals surface area contributed by atoms with Crippen molar-refractivity contribution in [1.82, 2.24) is 4.57 Å². The highest BCUT2D eigenvalue weighted by atomic mass is 15.1. The largest absolute Gasteiger partial charge is 0.334 e. The highest BCUT2D eigenvalue weighted by molar-refractivity contribution is 6.08. The molecule has 0 aliphatic heterocycles. The summed E-state index contributed by atoms with van der Waals surface area (Å²) in [5.41, 5.74) is 7.62. The van der Waals surface area contributed by atoms with Gasteiger partial charge < -0.3 is 4.57 Å². The molecule has 0 radical (unpaired) electrons. The highest BCUT2D eigenvalue weighted by Crippen LogP contribution is 2.80. The number of fused-ring (bicyclic) bond motifs is 3. The molecule has 6 aromatic rings. The number of aromatic nitrogens is 1. The maximum Gasteiger partial charge on any atom is 0.0496 e. The van der Waals surface area contributed by atoms with Gasteiger partial charge in [-0.1, -0.05) is 127 Å². The molecule has 4 fully saturated rings. The average molecular weight is 516 g/mol. The molecule has 1 aromatic heterocycles. The zero-order valence-electron chi connectivity index (χ0n) is 22.8. The van der Waals surface area contributed by atoms with Crippen molar-refractivity contribution in [3.05, 3.63) is 156 Å². The molecule has 4 bridgehead atoms. The predicted molar refractivity (Wildman–Crippen MR) is 165 cm³/mol. The van der Waals surface area contributed by atoms with Crippen LogP contribution in [0.4, 0.5) is 0 Å². The molecule has 194 valence electrons. The summed E-state index contributed by atoms with van der Waals surface area (Å²) in [6.45, 7) is 0. The van der Waals surface area contributed by atoms with E-state index in [-0.39, 0.29) is 21.8 Å². The third-order valence-electron chi connectivity index (χ3n) is 11.2. The fraction of sp³-hybridized carbons (Fsp3) is 0.231. The smallest absolute Gasteiger partial charge is 0.0496 e. The molecule has 0 amide bonds. The van der Waals surface area contributed by atoms with E-state index in [1.54, 1.807) is 0 Å². The van der Waals surface area contributed by atoms with Gasteiger partial charge in [-0.15, -0.1) is 0 Å². The summed E-state index contributed by atoms with van der Waals surface area (Å²) in [6, 6.07) is 53.0. The number of hydrogen-bond donors (Lipinski definition) is 0.